The highest BCUT2D eigenvalue weighted by Gasteiger charge is 2.41. The maximum Gasteiger partial charge on any atom is 0.270 e. The Labute approximate surface area is 467 Å². The molecule has 6 heteroatoms. The maximum absolute atomic E-state index is 7.67. The summed E-state index contributed by atoms with van der Waals surface area (Å²) >= 11 is 0. The van der Waals surface area contributed by atoms with Crippen molar-refractivity contribution < 1.29 is 13.7 Å². The van der Waals surface area contributed by atoms with Crippen LogP contribution in [0.3, 0.4) is 0 Å². The molecule has 0 N–H and O–H groups in total. The van der Waals surface area contributed by atoms with E-state index in [1.165, 1.54) is 16.7 Å². The van der Waals surface area contributed by atoms with Gasteiger partial charge in [-0.15, -0.1) is 0 Å². The van der Waals surface area contributed by atoms with Crippen LogP contribution in [-0.2, 0) is 16.2 Å². The van der Waals surface area contributed by atoms with Crippen molar-refractivity contribution >= 4 is 44.0 Å². The first-order valence-corrected chi connectivity index (χ1v) is 28.0. The quantitative estimate of drug-likeness (QED) is 0.107. The molecule has 10 aromatic carbocycles. The highest BCUT2D eigenvalue weighted by atomic mass is 16.5. The molecule has 80 heavy (non-hydrogen) atoms. The van der Waals surface area contributed by atoms with E-state index in [-0.39, 0.29) is 16.2 Å². The van der Waals surface area contributed by atoms with Crippen LogP contribution in [0, 0.1) is 6.33 Å². The summed E-state index contributed by atoms with van der Waals surface area (Å²) in [4.78, 5) is 5.56. The summed E-state index contributed by atoms with van der Waals surface area (Å²) in [5.41, 5.74) is 19.5. The predicted molar refractivity (Wildman–Crippen MR) is 328 cm³/mol. The van der Waals surface area contributed by atoms with Gasteiger partial charge >= 0.3 is 0 Å². The zero-order chi connectivity index (χ0) is 54.5. The lowest BCUT2D eigenvalue weighted by Gasteiger charge is -2.43. The summed E-state index contributed by atoms with van der Waals surface area (Å²) in [6.45, 7) is 16.4. The van der Waals surface area contributed by atoms with Crippen LogP contribution >= 0.6 is 0 Å². The molecule has 6 nitrogen and oxygen atoms in total. The van der Waals surface area contributed by atoms with Crippen LogP contribution in [0.4, 0.5) is 0 Å². The van der Waals surface area contributed by atoms with Gasteiger partial charge in [0.05, 0.1) is 33.4 Å². The summed E-state index contributed by atoms with van der Waals surface area (Å²) in [7, 11) is 0. The van der Waals surface area contributed by atoms with Gasteiger partial charge in [0.2, 0.25) is 0 Å². The van der Waals surface area contributed by atoms with Crippen LogP contribution in [0.25, 0.3) is 106 Å². The van der Waals surface area contributed by atoms with Gasteiger partial charge in [-0.1, -0.05) is 218 Å². The van der Waals surface area contributed by atoms with E-state index in [9.17, 15) is 0 Å². The van der Waals surface area contributed by atoms with E-state index in [1.807, 2.05) is 6.07 Å². The Hall–Kier alpha value is -9.26. The van der Waals surface area contributed by atoms with Crippen LogP contribution in [0.2, 0.25) is 0 Å². The number of benzene rings is 10. The third-order valence-corrected chi connectivity index (χ3v) is 16.8. The number of aromatic nitrogens is 4. The van der Waals surface area contributed by atoms with Crippen molar-refractivity contribution in [3.05, 3.63) is 247 Å². The van der Waals surface area contributed by atoms with E-state index in [0.29, 0.717) is 5.75 Å². The number of para-hydroxylation sites is 6. The van der Waals surface area contributed by atoms with E-state index in [2.05, 4.69) is 287 Å². The van der Waals surface area contributed by atoms with Gasteiger partial charge in [0.1, 0.15) is 34.2 Å². The van der Waals surface area contributed by atoms with E-state index in [4.69, 9.17) is 14.1 Å². The first-order valence-electron chi connectivity index (χ1n) is 28.0. The lowest BCUT2D eigenvalue weighted by Crippen LogP contribution is -2.34. The minimum atomic E-state index is -0.198. The second kappa shape index (κ2) is 18.7. The van der Waals surface area contributed by atoms with Gasteiger partial charge in [0.15, 0.2) is 0 Å². The topological polar surface area (TPSA) is 49.0 Å². The Balaban J connectivity index is 1.01. The molecule has 0 atom stereocenters. The number of imidazole rings is 2. The SMILES string of the molecule is CC(C)(C)c1ccc(-n2c(-c3cc(Oc4cc(-[n+]5[c-]n(-c6c(-c7ccccc7)cccc6-c6ccccc6)c6ccccc65)c5oc6ccccc6c5c4)c4c(c3)C(C)(C)CCC4(C)C)nc3ccccc32)c(-c2ccccc2)c1. The van der Waals surface area contributed by atoms with E-state index in [0.717, 1.165) is 124 Å². The van der Waals surface area contributed by atoms with E-state index < -0.39 is 0 Å². The average molecular weight is 1040 g/mol. The molecule has 390 valence electrons. The molecule has 0 bridgehead atoms. The molecular weight excluding hydrogens is 977 g/mol. The molecule has 0 amide bonds. The number of nitrogens with zero attached hydrogens (tertiary/aromatic N) is 4. The fourth-order valence-electron chi connectivity index (χ4n) is 12.5. The second-order valence-electron chi connectivity index (χ2n) is 24.0. The standard InChI is InChI=1S/C74H62N4O2/c1-72(2,3)52-38-39-61(57(44-52)50-28-15-10-16-29-50)78-62-34-19-18-33-60(62)75-71(78)51-42-59-68(74(6,7)41-40-73(59,4)5)67(43-51)79-53-45-58-56-30-17-22-37-66(56)80-70(58)65(46-53)76-47-77(64-36-21-20-35-63(64)76)69-54(48-24-11-8-12-25-48)31-23-32-55(69)49-26-13-9-14-27-49/h8-39,42-46H,40-41H2,1-7H3. The summed E-state index contributed by atoms with van der Waals surface area (Å²) in [5.74, 6) is 2.38. The van der Waals surface area contributed by atoms with E-state index in [1.54, 1.807) is 0 Å². The van der Waals surface area contributed by atoms with Gasteiger partial charge in [-0.2, -0.15) is 0 Å². The molecule has 0 saturated carbocycles. The molecule has 0 spiro atoms. The van der Waals surface area contributed by atoms with Crippen molar-refractivity contribution in [2.45, 2.75) is 77.6 Å². The van der Waals surface area contributed by atoms with Crippen molar-refractivity contribution in [1.82, 2.24) is 14.1 Å². The fourth-order valence-corrected chi connectivity index (χ4v) is 12.5. The first-order chi connectivity index (χ1) is 38.8. The molecule has 0 radical (unpaired) electrons. The van der Waals surface area contributed by atoms with E-state index >= 15 is 0 Å². The lowest BCUT2D eigenvalue weighted by atomic mass is 9.62. The normalized spacial score (nSPS) is 14.0. The lowest BCUT2D eigenvalue weighted by molar-refractivity contribution is -0.571. The van der Waals surface area contributed by atoms with Gasteiger partial charge < -0.3 is 9.15 Å². The van der Waals surface area contributed by atoms with Crippen LogP contribution < -0.4 is 9.30 Å². The predicted octanol–water partition coefficient (Wildman–Crippen LogP) is 19.1. The maximum atomic E-state index is 7.67. The van der Waals surface area contributed by atoms with Crippen molar-refractivity contribution in [2.24, 2.45) is 0 Å². The minimum absolute atomic E-state index is 0.0516. The molecule has 0 fully saturated rings. The molecule has 1 aliphatic carbocycles. The average Bonchev–Trinajstić information content (AvgIpc) is 4.21. The Kier molecular flexibility index (Phi) is 11.5. The molecule has 0 aliphatic heterocycles. The van der Waals surface area contributed by atoms with Gasteiger partial charge in [0, 0.05) is 27.5 Å². The number of hydrogen-bond donors (Lipinski definition) is 0. The molecular formula is C74H62N4O2. The van der Waals surface area contributed by atoms with Crippen molar-refractivity contribution in [2.75, 3.05) is 0 Å². The Morgan fingerprint density at radius 2 is 1.16 bits per heavy atom. The first kappa shape index (κ1) is 49.1. The summed E-state index contributed by atoms with van der Waals surface area (Å²) < 4.78 is 21.4. The van der Waals surface area contributed by atoms with Crippen molar-refractivity contribution in [3.8, 4) is 73.3 Å². The number of fused-ring (bicyclic) bond motifs is 6. The molecule has 0 unspecified atom stereocenters. The highest BCUT2D eigenvalue weighted by molar-refractivity contribution is 6.07. The Morgan fingerprint density at radius 1 is 0.550 bits per heavy atom. The molecule has 1 aliphatic rings. The number of furan rings is 1. The third-order valence-electron chi connectivity index (χ3n) is 16.8. The monoisotopic (exact) mass is 1040 g/mol. The minimum Gasteiger partial charge on any atom is -0.460 e. The summed E-state index contributed by atoms with van der Waals surface area (Å²) in [6, 6.07) is 80.0. The zero-order valence-electron chi connectivity index (χ0n) is 46.4. The second-order valence-corrected chi connectivity index (χ2v) is 24.0. The molecule has 14 rings (SSSR count). The zero-order valence-corrected chi connectivity index (χ0v) is 46.4. The molecule has 3 heterocycles. The van der Waals surface area contributed by atoms with Crippen molar-refractivity contribution in [3.63, 3.8) is 0 Å². The third kappa shape index (κ3) is 8.23. The van der Waals surface area contributed by atoms with Crippen LogP contribution in [0.15, 0.2) is 229 Å². The van der Waals surface area contributed by atoms with Crippen LogP contribution in [0.1, 0.15) is 78.0 Å². The van der Waals surface area contributed by atoms with Crippen LogP contribution in [0.5, 0.6) is 11.5 Å². The summed E-state index contributed by atoms with van der Waals surface area (Å²) in [5, 5.41) is 1.97. The Bertz CT molecular complexity index is 4470. The number of hydrogen-bond acceptors (Lipinski definition) is 3. The molecule has 13 aromatic rings. The van der Waals surface area contributed by atoms with Gasteiger partial charge in [-0.05, 0) is 123 Å². The number of rotatable bonds is 9. The van der Waals surface area contributed by atoms with Crippen LogP contribution in [-0.4, -0.2) is 14.1 Å². The van der Waals surface area contributed by atoms with Gasteiger partial charge in [0.25, 0.3) is 6.33 Å². The van der Waals surface area contributed by atoms with Crippen molar-refractivity contribution in [1.29, 1.82) is 0 Å². The summed E-state index contributed by atoms with van der Waals surface area (Å²) in [6.07, 6.45) is 5.99. The highest BCUT2D eigenvalue weighted by Crippen LogP contribution is 2.53. The van der Waals surface area contributed by atoms with Gasteiger partial charge in [-0.3, -0.25) is 13.7 Å². The molecule has 3 aromatic heterocycles. The van der Waals surface area contributed by atoms with Gasteiger partial charge in [-0.25, -0.2) is 4.98 Å². The smallest absolute Gasteiger partial charge is 0.270 e. The number of ether oxygens (including phenoxy) is 1. The largest absolute Gasteiger partial charge is 0.460 e. The molecule has 0 saturated heterocycles. The fraction of sp³-hybridized carbons (Fsp3) is 0.162. The Morgan fingerprint density at radius 3 is 1.86 bits per heavy atom.